The average molecular weight is 503 g/mol. The molecule has 1 atom stereocenters. The Balaban J connectivity index is 1.67. The number of aryl methyl sites for hydroxylation is 1. The number of carbonyl (C=O) groups excluding carboxylic acids is 1. The second-order valence-electron chi connectivity index (χ2n) is 6.91. The minimum absolute atomic E-state index is 0.0941. The number of carbonyl (C=O) groups is 1. The van der Waals surface area contributed by atoms with Crippen LogP contribution in [-0.2, 0) is 14.8 Å². The quantitative estimate of drug-likeness (QED) is 0.434. The summed E-state index contributed by atoms with van der Waals surface area (Å²) in [5.41, 5.74) is 1.89. The molecule has 31 heavy (non-hydrogen) atoms. The molecular weight excluding hydrogens is 480 g/mol. The van der Waals surface area contributed by atoms with Crippen LogP contribution in [0.25, 0.3) is 0 Å². The van der Waals surface area contributed by atoms with Crippen molar-refractivity contribution in [1.82, 2.24) is 0 Å². The first-order valence-electron chi connectivity index (χ1n) is 9.70. The minimum Gasteiger partial charge on any atom is -0.480 e. The lowest BCUT2D eigenvalue weighted by molar-refractivity contribution is -0.122. The Bertz CT molecular complexity index is 1150. The molecule has 1 amide bonds. The number of amides is 1. The maximum absolute atomic E-state index is 12.6. The van der Waals surface area contributed by atoms with E-state index >= 15 is 0 Å². The third kappa shape index (κ3) is 6.08. The Kier molecular flexibility index (Phi) is 7.35. The molecule has 0 fully saturated rings. The molecule has 0 aromatic heterocycles. The molecule has 2 N–H and O–H groups in total. The molecule has 8 heteroatoms. The van der Waals surface area contributed by atoms with Crippen molar-refractivity contribution in [3.63, 3.8) is 0 Å². The van der Waals surface area contributed by atoms with Crippen LogP contribution in [0.2, 0.25) is 0 Å². The molecule has 0 aliphatic rings. The Labute approximate surface area is 190 Å². The highest BCUT2D eigenvalue weighted by molar-refractivity contribution is 9.10. The fourth-order valence-corrected chi connectivity index (χ4v) is 4.16. The van der Waals surface area contributed by atoms with Crippen LogP contribution in [-0.4, -0.2) is 20.4 Å². The topological polar surface area (TPSA) is 84.5 Å². The minimum atomic E-state index is -3.74. The number of hydrogen-bond donors (Lipinski definition) is 2. The molecule has 0 radical (unpaired) electrons. The Morgan fingerprint density at radius 3 is 2.19 bits per heavy atom. The van der Waals surface area contributed by atoms with Crippen LogP contribution in [0.3, 0.4) is 0 Å². The van der Waals surface area contributed by atoms with Gasteiger partial charge in [-0.1, -0.05) is 41.1 Å². The number of sulfonamides is 1. The number of benzene rings is 3. The zero-order valence-electron chi connectivity index (χ0n) is 17.1. The van der Waals surface area contributed by atoms with Crippen molar-refractivity contribution in [2.24, 2.45) is 0 Å². The van der Waals surface area contributed by atoms with E-state index in [1.807, 2.05) is 38.1 Å². The van der Waals surface area contributed by atoms with E-state index in [1.165, 1.54) is 12.1 Å². The standard InChI is InChI=1S/C23H23BrN2O4S/c1-3-21(30-22-7-5-4-6-16(22)2)23(27)25-18-12-14-20(15-13-18)31(28,29)26-19-10-8-17(24)9-11-19/h4-15,21,26H,3H2,1-2H3,(H,25,27). The number of nitrogens with one attached hydrogen (secondary N) is 2. The fraction of sp³-hybridized carbons (Fsp3) is 0.174. The molecule has 0 bridgehead atoms. The van der Waals surface area contributed by atoms with E-state index in [1.54, 1.807) is 36.4 Å². The van der Waals surface area contributed by atoms with E-state index in [0.717, 1.165) is 10.0 Å². The summed E-state index contributed by atoms with van der Waals surface area (Å²) in [6, 6.07) is 20.3. The van der Waals surface area contributed by atoms with Crippen LogP contribution in [0.4, 0.5) is 11.4 Å². The molecule has 0 heterocycles. The predicted molar refractivity (Wildman–Crippen MR) is 126 cm³/mol. The van der Waals surface area contributed by atoms with Gasteiger partial charge in [-0.05, 0) is 73.5 Å². The highest BCUT2D eigenvalue weighted by Crippen LogP contribution is 2.22. The number of anilines is 2. The Morgan fingerprint density at radius 1 is 0.968 bits per heavy atom. The van der Waals surface area contributed by atoms with Gasteiger partial charge in [0.05, 0.1) is 4.90 Å². The summed E-state index contributed by atoms with van der Waals surface area (Å²) in [5.74, 6) is 0.360. The van der Waals surface area contributed by atoms with E-state index < -0.39 is 16.1 Å². The number of ether oxygens (including phenoxy) is 1. The molecular formula is C23H23BrN2O4S. The van der Waals surface area contributed by atoms with Gasteiger partial charge in [0.25, 0.3) is 15.9 Å². The van der Waals surface area contributed by atoms with E-state index in [4.69, 9.17) is 4.74 Å². The predicted octanol–water partition coefficient (Wildman–Crippen LogP) is 5.35. The first-order chi connectivity index (χ1) is 14.8. The summed E-state index contributed by atoms with van der Waals surface area (Å²) in [6.07, 6.45) is -0.174. The van der Waals surface area contributed by atoms with Gasteiger partial charge in [-0.15, -0.1) is 0 Å². The van der Waals surface area contributed by atoms with Crippen LogP contribution in [0.5, 0.6) is 5.75 Å². The molecule has 3 rings (SSSR count). The van der Waals surface area contributed by atoms with Crippen LogP contribution >= 0.6 is 15.9 Å². The zero-order chi connectivity index (χ0) is 22.4. The van der Waals surface area contributed by atoms with Gasteiger partial charge in [-0.2, -0.15) is 0 Å². The lowest BCUT2D eigenvalue weighted by atomic mass is 10.2. The lowest BCUT2D eigenvalue weighted by Gasteiger charge is -2.18. The maximum atomic E-state index is 12.6. The van der Waals surface area contributed by atoms with E-state index in [9.17, 15) is 13.2 Å². The third-order valence-corrected chi connectivity index (χ3v) is 6.48. The summed E-state index contributed by atoms with van der Waals surface area (Å²) in [5, 5.41) is 2.78. The Hall–Kier alpha value is -2.84. The molecule has 0 aliphatic heterocycles. The summed E-state index contributed by atoms with van der Waals surface area (Å²) >= 11 is 3.31. The van der Waals surface area contributed by atoms with Crippen molar-refractivity contribution >= 4 is 43.2 Å². The van der Waals surface area contributed by atoms with Crippen molar-refractivity contribution < 1.29 is 17.9 Å². The summed E-state index contributed by atoms with van der Waals surface area (Å²) in [6.45, 7) is 3.79. The molecule has 162 valence electrons. The maximum Gasteiger partial charge on any atom is 0.265 e. The third-order valence-electron chi connectivity index (χ3n) is 4.55. The molecule has 1 unspecified atom stereocenters. The number of rotatable bonds is 8. The first-order valence-corrected chi connectivity index (χ1v) is 12.0. The zero-order valence-corrected chi connectivity index (χ0v) is 19.5. The van der Waals surface area contributed by atoms with E-state index in [0.29, 0.717) is 23.5 Å². The summed E-state index contributed by atoms with van der Waals surface area (Å²) in [4.78, 5) is 12.7. The van der Waals surface area contributed by atoms with Crippen molar-refractivity contribution in [3.8, 4) is 5.75 Å². The smallest absolute Gasteiger partial charge is 0.265 e. The number of para-hydroxylation sites is 1. The normalized spacial score (nSPS) is 12.1. The number of halogens is 1. The second kappa shape index (κ2) is 9.98. The molecule has 3 aromatic rings. The second-order valence-corrected chi connectivity index (χ2v) is 9.50. The highest BCUT2D eigenvalue weighted by atomic mass is 79.9. The van der Waals surface area contributed by atoms with Crippen molar-refractivity contribution in [2.75, 3.05) is 10.0 Å². The van der Waals surface area contributed by atoms with Crippen molar-refractivity contribution in [1.29, 1.82) is 0 Å². The number of hydrogen-bond acceptors (Lipinski definition) is 4. The van der Waals surface area contributed by atoms with Gasteiger partial charge in [0, 0.05) is 15.8 Å². The SMILES string of the molecule is CCC(Oc1ccccc1C)C(=O)Nc1ccc(S(=O)(=O)Nc2ccc(Br)cc2)cc1. The molecule has 0 spiro atoms. The molecule has 0 saturated heterocycles. The highest BCUT2D eigenvalue weighted by Gasteiger charge is 2.20. The molecule has 3 aromatic carbocycles. The van der Waals surface area contributed by atoms with Gasteiger partial charge < -0.3 is 10.1 Å². The van der Waals surface area contributed by atoms with Crippen LogP contribution in [0, 0.1) is 6.92 Å². The van der Waals surface area contributed by atoms with E-state index in [-0.39, 0.29) is 10.8 Å². The largest absolute Gasteiger partial charge is 0.480 e. The van der Waals surface area contributed by atoms with Gasteiger partial charge >= 0.3 is 0 Å². The Morgan fingerprint density at radius 2 is 1.58 bits per heavy atom. The van der Waals surface area contributed by atoms with Crippen LogP contribution in [0.15, 0.2) is 82.2 Å². The average Bonchev–Trinajstić information content (AvgIpc) is 2.75. The molecule has 0 saturated carbocycles. The summed E-state index contributed by atoms with van der Waals surface area (Å²) in [7, 11) is -3.74. The van der Waals surface area contributed by atoms with Crippen molar-refractivity contribution in [2.45, 2.75) is 31.3 Å². The van der Waals surface area contributed by atoms with E-state index in [2.05, 4.69) is 26.0 Å². The molecule has 0 aliphatic carbocycles. The molecule has 6 nitrogen and oxygen atoms in total. The summed E-state index contributed by atoms with van der Waals surface area (Å²) < 4.78 is 34.4. The van der Waals surface area contributed by atoms with Gasteiger partial charge in [-0.25, -0.2) is 8.42 Å². The van der Waals surface area contributed by atoms with Gasteiger partial charge in [0.15, 0.2) is 6.10 Å². The monoisotopic (exact) mass is 502 g/mol. The van der Waals surface area contributed by atoms with Gasteiger partial charge in [0.1, 0.15) is 5.75 Å². The first kappa shape index (κ1) is 22.8. The van der Waals surface area contributed by atoms with Gasteiger partial charge in [-0.3, -0.25) is 9.52 Å². The lowest BCUT2D eigenvalue weighted by Crippen LogP contribution is -2.32. The van der Waals surface area contributed by atoms with Gasteiger partial charge in [0.2, 0.25) is 0 Å². The fourth-order valence-electron chi connectivity index (χ4n) is 2.84. The van der Waals surface area contributed by atoms with Crippen molar-refractivity contribution in [3.05, 3.63) is 82.8 Å². The van der Waals surface area contributed by atoms with Crippen LogP contribution in [0.1, 0.15) is 18.9 Å². The van der Waals surface area contributed by atoms with Crippen LogP contribution < -0.4 is 14.8 Å².